The summed E-state index contributed by atoms with van der Waals surface area (Å²) in [5.74, 6) is 1.03. The first kappa shape index (κ1) is 16.7. The fourth-order valence-corrected chi connectivity index (χ4v) is 3.05. The molecule has 0 spiro atoms. The van der Waals surface area contributed by atoms with Gasteiger partial charge in [0.1, 0.15) is 5.76 Å². The van der Waals surface area contributed by atoms with Gasteiger partial charge in [0.05, 0.1) is 12.4 Å². The van der Waals surface area contributed by atoms with Gasteiger partial charge in [0.25, 0.3) is 0 Å². The van der Waals surface area contributed by atoms with Crippen molar-refractivity contribution in [1.82, 2.24) is 9.80 Å². The second-order valence-electron chi connectivity index (χ2n) is 6.19. The van der Waals surface area contributed by atoms with Crippen LogP contribution in [0.3, 0.4) is 0 Å². The number of nitrogens with zero attached hydrogens (tertiary/aromatic N) is 2. The smallest absolute Gasteiger partial charge is 0.223 e. The van der Waals surface area contributed by atoms with E-state index in [2.05, 4.69) is 4.90 Å². The van der Waals surface area contributed by atoms with Gasteiger partial charge in [-0.2, -0.15) is 0 Å². The molecule has 1 N–H and O–H groups in total. The Hall–Kier alpha value is -2.11. The van der Waals surface area contributed by atoms with Crippen LogP contribution in [0, 0.1) is 0 Å². The van der Waals surface area contributed by atoms with Crippen molar-refractivity contribution in [3.05, 3.63) is 60.1 Å². The molecular formula is C19H24N2O3. The second kappa shape index (κ2) is 8.13. The van der Waals surface area contributed by atoms with Crippen molar-refractivity contribution in [2.24, 2.45) is 0 Å². The Morgan fingerprint density at radius 3 is 2.50 bits per heavy atom. The van der Waals surface area contributed by atoms with Gasteiger partial charge in [0, 0.05) is 45.6 Å². The van der Waals surface area contributed by atoms with E-state index in [1.54, 1.807) is 6.26 Å². The third kappa shape index (κ3) is 4.46. The van der Waals surface area contributed by atoms with Crippen molar-refractivity contribution >= 4 is 5.91 Å². The number of furan rings is 1. The molecule has 1 amide bonds. The number of amides is 1. The highest BCUT2D eigenvalue weighted by Crippen LogP contribution is 2.15. The van der Waals surface area contributed by atoms with Crippen LogP contribution in [-0.2, 0) is 11.2 Å². The maximum Gasteiger partial charge on any atom is 0.223 e. The van der Waals surface area contributed by atoms with Crippen LogP contribution < -0.4 is 0 Å². The lowest BCUT2D eigenvalue weighted by molar-refractivity contribution is -0.133. The molecule has 0 radical (unpaired) electrons. The highest BCUT2D eigenvalue weighted by atomic mass is 16.3. The molecule has 0 bridgehead atoms. The number of aliphatic hydroxyl groups is 1. The number of rotatable bonds is 6. The van der Waals surface area contributed by atoms with E-state index < -0.39 is 6.10 Å². The number of piperazine rings is 1. The van der Waals surface area contributed by atoms with E-state index in [1.165, 1.54) is 0 Å². The quantitative estimate of drug-likeness (QED) is 0.882. The van der Waals surface area contributed by atoms with Crippen molar-refractivity contribution < 1.29 is 14.3 Å². The molecule has 1 aromatic carbocycles. The van der Waals surface area contributed by atoms with Crippen LogP contribution in [0.1, 0.15) is 23.8 Å². The summed E-state index contributed by atoms with van der Waals surface area (Å²) < 4.78 is 5.27. The van der Waals surface area contributed by atoms with Crippen LogP contribution in [0.25, 0.3) is 0 Å². The van der Waals surface area contributed by atoms with Crippen LogP contribution in [0.5, 0.6) is 0 Å². The van der Waals surface area contributed by atoms with E-state index in [0.29, 0.717) is 19.4 Å². The van der Waals surface area contributed by atoms with Gasteiger partial charge in [0.15, 0.2) is 0 Å². The first-order chi connectivity index (χ1) is 11.7. The molecule has 5 nitrogen and oxygen atoms in total. The number of carbonyl (C=O) groups is 1. The Morgan fingerprint density at radius 1 is 1.08 bits per heavy atom. The Balaban J connectivity index is 1.41. The number of hydrogen-bond acceptors (Lipinski definition) is 4. The van der Waals surface area contributed by atoms with E-state index in [1.807, 2.05) is 47.4 Å². The molecule has 1 aliphatic heterocycles. The summed E-state index contributed by atoms with van der Waals surface area (Å²) >= 11 is 0. The van der Waals surface area contributed by atoms with Crippen molar-refractivity contribution in [3.63, 3.8) is 0 Å². The Bertz CT molecular complexity index is 619. The number of carbonyl (C=O) groups excluding carboxylic acids is 1. The molecule has 1 fully saturated rings. The molecular weight excluding hydrogens is 304 g/mol. The molecule has 0 saturated carbocycles. The Morgan fingerprint density at radius 2 is 1.83 bits per heavy atom. The van der Waals surface area contributed by atoms with E-state index >= 15 is 0 Å². The minimum atomic E-state index is -0.479. The predicted molar refractivity (Wildman–Crippen MR) is 91.5 cm³/mol. The first-order valence-corrected chi connectivity index (χ1v) is 8.48. The van der Waals surface area contributed by atoms with Crippen LogP contribution in [0.4, 0.5) is 0 Å². The van der Waals surface area contributed by atoms with Gasteiger partial charge in [-0.3, -0.25) is 9.69 Å². The van der Waals surface area contributed by atoms with Crippen LogP contribution >= 0.6 is 0 Å². The van der Waals surface area contributed by atoms with Gasteiger partial charge < -0.3 is 14.4 Å². The molecule has 1 aromatic heterocycles. The standard InChI is InChI=1S/C19H24N2O3/c22-18(16-5-2-1-3-6-16)15-20-10-12-21(13-11-20)19(23)9-8-17-7-4-14-24-17/h1-7,14,18,22H,8-13,15H2/t18-/m1/s1. The molecule has 1 atom stereocenters. The highest BCUT2D eigenvalue weighted by molar-refractivity contribution is 5.76. The predicted octanol–water partition coefficient (Wildman–Crippen LogP) is 2.09. The largest absolute Gasteiger partial charge is 0.469 e. The van der Waals surface area contributed by atoms with Crippen molar-refractivity contribution in [3.8, 4) is 0 Å². The summed E-state index contributed by atoms with van der Waals surface area (Å²) in [5.41, 5.74) is 0.939. The lowest BCUT2D eigenvalue weighted by atomic mass is 10.1. The summed E-state index contributed by atoms with van der Waals surface area (Å²) in [7, 11) is 0. The SMILES string of the molecule is O=C(CCc1ccco1)N1CCN(C[C@@H](O)c2ccccc2)CC1. The summed E-state index contributed by atoms with van der Waals surface area (Å²) in [5, 5.41) is 10.3. The third-order valence-electron chi connectivity index (χ3n) is 4.51. The second-order valence-corrected chi connectivity index (χ2v) is 6.19. The van der Waals surface area contributed by atoms with Gasteiger partial charge in [-0.05, 0) is 17.7 Å². The van der Waals surface area contributed by atoms with E-state index in [-0.39, 0.29) is 5.91 Å². The Labute approximate surface area is 142 Å². The molecule has 128 valence electrons. The number of aliphatic hydroxyl groups excluding tert-OH is 1. The van der Waals surface area contributed by atoms with Gasteiger partial charge in [-0.15, -0.1) is 0 Å². The zero-order valence-corrected chi connectivity index (χ0v) is 13.8. The number of hydrogen-bond donors (Lipinski definition) is 1. The normalized spacial score (nSPS) is 17.0. The number of aryl methyl sites for hydroxylation is 1. The number of benzene rings is 1. The van der Waals surface area contributed by atoms with Crippen LogP contribution in [0.15, 0.2) is 53.1 Å². The summed E-state index contributed by atoms with van der Waals surface area (Å²) in [6, 6.07) is 13.5. The average molecular weight is 328 g/mol. The zero-order valence-electron chi connectivity index (χ0n) is 13.8. The van der Waals surface area contributed by atoms with Crippen molar-refractivity contribution in [1.29, 1.82) is 0 Å². The maximum absolute atomic E-state index is 12.3. The number of β-amino-alcohol motifs (C(OH)–C–C–N with tert-alkyl or cyclic N) is 1. The summed E-state index contributed by atoms with van der Waals surface area (Å²) in [4.78, 5) is 16.4. The molecule has 1 saturated heterocycles. The van der Waals surface area contributed by atoms with E-state index in [9.17, 15) is 9.90 Å². The van der Waals surface area contributed by atoms with Gasteiger partial charge in [-0.1, -0.05) is 30.3 Å². The highest BCUT2D eigenvalue weighted by Gasteiger charge is 2.22. The molecule has 0 aliphatic carbocycles. The lowest BCUT2D eigenvalue weighted by Gasteiger charge is -2.35. The zero-order chi connectivity index (χ0) is 16.8. The molecule has 24 heavy (non-hydrogen) atoms. The molecule has 1 aliphatic rings. The van der Waals surface area contributed by atoms with Gasteiger partial charge in [-0.25, -0.2) is 0 Å². The summed E-state index contributed by atoms with van der Waals surface area (Å²) in [6.45, 7) is 3.65. The molecule has 5 heteroatoms. The van der Waals surface area contributed by atoms with Crippen molar-refractivity contribution in [2.75, 3.05) is 32.7 Å². The fourth-order valence-electron chi connectivity index (χ4n) is 3.05. The van der Waals surface area contributed by atoms with Crippen LogP contribution in [0.2, 0.25) is 0 Å². The third-order valence-corrected chi connectivity index (χ3v) is 4.51. The average Bonchev–Trinajstić information content (AvgIpc) is 3.14. The summed E-state index contributed by atoms with van der Waals surface area (Å²) in [6.07, 6.45) is 2.29. The van der Waals surface area contributed by atoms with Crippen molar-refractivity contribution in [2.45, 2.75) is 18.9 Å². The Kier molecular flexibility index (Phi) is 5.67. The minimum absolute atomic E-state index is 0.176. The minimum Gasteiger partial charge on any atom is -0.469 e. The fraction of sp³-hybridized carbons (Fsp3) is 0.421. The lowest BCUT2D eigenvalue weighted by Crippen LogP contribution is -2.49. The van der Waals surface area contributed by atoms with E-state index in [0.717, 1.165) is 37.5 Å². The van der Waals surface area contributed by atoms with Gasteiger partial charge >= 0.3 is 0 Å². The monoisotopic (exact) mass is 328 g/mol. The molecule has 2 heterocycles. The molecule has 3 rings (SSSR count). The topological polar surface area (TPSA) is 56.9 Å². The molecule has 0 unspecified atom stereocenters. The molecule has 2 aromatic rings. The van der Waals surface area contributed by atoms with Crippen LogP contribution in [-0.4, -0.2) is 53.5 Å². The van der Waals surface area contributed by atoms with E-state index in [4.69, 9.17) is 4.42 Å². The van der Waals surface area contributed by atoms with Gasteiger partial charge in [0.2, 0.25) is 5.91 Å². The first-order valence-electron chi connectivity index (χ1n) is 8.48. The maximum atomic E-state index is 12.3.